The molecule has 39 heavy (non-hydrogen) atoms. The number of ether oxygens (including phenoxy) is 1. The standard InChI is InChI=1S/C28H31ClN6O3S/c1-3-17-14-23(34-24-15-31-28(35-26(17)24)33-19-10-8-18(30)9-11-19)21-13-12-20(32-27(21)38-2)16-39(36,37)25-7-5-4-6-22(25)29/h4-7,12-15,18-19H,3,8-11,16,30H2,1-2H3,(H,31,33,35). The van der Waals surface area contributed by atoms with Gasteiger partial charge in [0.05, 0.1) is 51.4 Å². The van der Waals surface area contributed by atoms with Crippen LogP contribution in [0.15, 0.2) is 53.6 Å². The number of hydrogen-bond donors (Lipinski definition) is 2. The third-order valence-electron chi connectivity index (χ3n) is 7.01. The molecule has 1 aliphatic carbocycles. The Balaban J connectivity index is 1.44. The zero-order valence-electron chi connectivity index (χ0n) is 21.9. The third kappa shape index (κ3) is 5.98. The number of rotatable bonds is 8. The highest BCUT2D eigenvalue weighted by atomic mass is 35.5. The molecular formula is C28H31ClN6O3S. The van der Waals surface area contributed by atoms with Crippen LogP contribution in [-0.2, 0) is 22.0 Å². The molecule has 0 amide bonds. The van der Waals surface area contributed by atoms with Gasteiger partial charge in [-0.1, -0.05) is 30.7 Å². The molecule has 5 rings (SSSR count). The number of nitrogens with one attached hydrogen (secondary N) is 1. The van der Waals surface area contributed by atoms with E-state index in [4.69, 9.17) is 32.0 Å². The Morgan fingerprint density at radius 3 is 2.56 bits per heavy atom. The molecule has 1 aromatic carbocycles. The van der Waals surface area contributed by atoms with E-state index in [0.717, 1.165) is 43.2 Å². The highest BCUT2D eigenvalue weighted by Gasteiger charge is 2.22. The van der Waals surface area contributed by atoms with Gasteiger partial charge in [0.25, 0.3) is 0 Å². The van der Waals surface area contributed by atoms with Crippen LogP contribution in [0.5, 0.6) is 5.88 Å². The summed E-state index contributed by atoms with van der Waals surface area (Å²) in [5.41, 5.74) is 10.1. The van der Waals surface area contributed by atoms with E-state index in [0.29, 0.717) is 34.5 Å². The average Bonchev–Trinajstić information content (AvgIpc) is 2.93. The molecule has 11 heteroatoms. The van der Waals surface area contributed by atoms with Crippen molar-refractivity contribution in [1.82, 2.24) is 19.9 Å². The molecule has 0 aliphatic heterocycles. The van der Waals surface area contributed by atoms with Gasteiger partial charge in [0.15, 0.2) is 9.84 Å². The van der Waals surface area contributed by atoms with E-state index in [9.17, 15) is 8.42 Å². The zero-order chi connectivity index (χ0) is 27.6. The molecule has 3 aromatic heterocycles. The van der Waals surface area contributed by atoms with Crippen LogP contribution >= 0.6 is 11.6 Å². The summed E-state index contributed by atoms with van der Waals surface area (Å²) in [5.74, 6) is 0.566. The molecule has 0 unspecified atom stereocenters. The van der Waals surface area contributed by atoms with Gasteiger partial charge in [-0.3, -0.25) is 0 Å². The van der Waals surface area contributed by atoms with Crippen LogP contribution in [-0.4, -0.2) is 47.5 Å². The molecule has 1 saturated carbocycles. The summed E-state index contributed by atoms with van der Waals surface area (Å²) in [7, 11) is -2.20. The zero-order valence-corrected chi connectivity index (χ0v) is 23.5. The van der Waals surface area contributed by atoms with Crippen LogP contribution in [0.1, 0.15) is 43.9 Å². The minimum absolute atomic E-state index is 0.0706. The van der Waals surface area contributed by atoms with Crippen molar-refractivity contribution < 1.29 is 13.2 Å². The van der Waals surface area contributed by atoms with E-state index in [-0.39, 0.29) is 27.6 Å². The number of aromatic nitrogens is 4. The SMILES string of the molecule is CCc1cc(-c2ccc(CS(=O)(=O)c3ccccc3Cl)nc2OC)nc2cnc(NC3CCC(N)CC3)nc12. The molecule has 9 nitrogen and oxygen atoms in total. The molecular weight excluding hydrogens is 536 g/mol. The van der Waals surface area contributed by atoms with Crippen LogP contribution in [0.2, 0.25) is 5.02 Å². The highest BCUT2D eigenvalue weighted by Crippen LogP contribution is 2.32. The Hall–Kier alpha value is -3.34. The average molecular weight is 567 g/mol. The minimum atomic E-state index is -3.70. The summed E-state index contributed by atoms with van der Waals surface area (Å²) < 4.78 is 31.5. The maximum absolute atomic E-state index is 13.0. The summed E-state index contributed by atoms with van der Waals surface area (Å²) in [4.78, 5) is 18.7. The predicted octanol–water partition coefficient (Wildman–Crippen LogP) is 4.97. The number of pyridine rings is 2. The number of methoxy groups -OCH3 is 1. The molecule has 0 radical (unpaired) electrons. The molecule has 1 aliphatic rings. The van der Waals surface area contributed by atoms with Crippen molar-refractivity contribution in [3.8, 4) is 17.1 Å². The molecule has 4 aromatic rings. The van der Waals surface area contributed by atoms with Crippen LogP contribution in [0.4, 0.5) is 5.95 Å². The van der Waals surface area contributed by atoms with Crippen molar-refractivity contribution in [1.29, 1.82) is 0 Å². The number of aryl methyl sites for hydroxylation is 1. The lowest BCUT2D eigenvalue weighted by atomic mass is 9.92. The molecule has 0 atom stereocenters. The Labute approximate surface area is 233 Å². The quantitative estimate of drug-likeness (QED) is 0.303. The maximum Gasteiger partial charge on any atom is 0.223 e. The Morgan fingerprint density at radius 1 is 1.08 bits per heavy atom. The number of halogens is 1. The Kier molecular flexibility index (Phi) is 7.97. The van der Waals surface area contributed by atoms with Gasteiger partial charge in [-0.25, -0.2) is 28.4 Å². The fourth-order valence-electron chi connectivity index (χ4n) is 4.89. The first-order valence-corrected chi connectivity index (χ1v) is 15.0. The van der Waals surface area contributed by atoms with Gasteiger partial charge < -0.3 is 15.8 Å². The monoisotopic (exact) mass is 566 g/mol. The number of sulfone groups is 1. The van der Waals surface area contributed by atoms with E-state index in [1.807, 2.05) is 6.07 Å². The van der Waals surface area contributed by atoms with E-state index in [1.54, 1.807) is 36.5 Å². The van der Waals surface area contributed by atoms with E-state index >= 15 is 0 Å². The lowest BCUT2D eigenvalue weighted by molar-refractivity contribution is 0.398. The van der Waals surface area contributed by atoms with E-state index in [2.05, 4.69) is 22.2 Å². The first-order valence-electron chi connectivity index (χ1n) is 13.0. The maximum atomic E-state index is 13.0. The smallest absolute Gasteiger partial charge is 0.223 e. The molecule has 0 saturated heterocycles. The molecule has 3 N–H and O–H groups in total. The molecule has 0 spiro atoms. The summed E-state index contributed by atoms with van der Waals surface area (Å²) in [6.45, 7) is 2.06. The Bertz CT molecular complexity index is 1610. The van der Waals surface area contributed by atoms with Crippen molar-refractivity contribution >= 4 is 38.4 Å². The molecule has 1 fully saturated rings. The number of nitrogens with zero attached hydrogens (tertiary/aromatic N) is 4. The van der Waals surface area contributed by atoms with Crippen molar-refractivity contribution in [3.63, 3.8) is 0 Å². The number of hydrogen-bond acceptors (Lipinski definition) is 9. The van der Waals surface area contributed by atoms with Crippen LogP contribution < -0.4 is 15.8 Å². The van der Waals surface area contributed by atoms with Gasteiger partial charge in [0.1, 0.15) is 5.52 Å². The van der Waals surface area contributed by atoms with Gasteiger partial charge >= 0.3 is 0 Å². The second kappa shape index (κ2) is 11.4. The second-order valence-corrected chi connectivity index (χ2v) is 12.1. The lowest BCUT2D eigenvalue weighted by Crippen LogP contribution is -2.33. The van der Waals surface area contributed by atoms with Crippen LogP contribution in [0, 0.1) is 0 Å². The first kappa shape index (κ1) is 27.2. The number of benzene rings is 1. The second-order valence-electron chi connectivity index (χ2n) is 9.75. The van der Waals surface area contributed by atoms with E-state index < -0.39 is 9.84 Å². The fraction of sp³-hybridized carbons (Fsp3) is 0.357. The minimum Gasteiger partial charge on any atom is -0.480 e. The molecule has 0 bridgehead atoms. The summed E-state index contributed by atoms with van der Waals surface area (Å²) in [5, 5.41) is 3.63. The summed E-state index contributed by atoms with van der Waals surface area (Å²) in [6.07, 6.45) is 6.47. The van der Waals surface area contributed by atoms with Gasteiger partial charge in [-0.2, -0.15) is 0 Å². The van der Waals surface area contributed by atoms with Crippen molar-refractivity contribution in [2.24, 2.45) is 5.73 Å². The Morgan fingerprint density at radius 2 is 1.85 bits per heavy atom. The van der Waals surface area contributed by atoms with Gasteiger partial charge in [0.2, 0.25) is 11.8 Å². The fourth-order valence-corrected chi connectivity index (χ4v) is 6.74. The number of nitrogens with two attached hydrogens (primary N) is 1. The lowest BCUT2D eigenvalue weighted by Gasteiger charge is -2.26. The third-order valence-corrected chi connectivity index (χ3v) is 9.15. The molecule has 3 heterocycles. The number of anilines is 1. The van der Waals surface area contributed by atoms with Gasteiger partial charge in [-0.05, 0) is 68.0 Å². The predicted molar refractivity (Wildman–Crippen MR) is 153 cm³/mol. The topological polar surface area (TPSA) is 133 Å². The molecule has 204 valence electrons. The van der Waals surface area contributed by atoms with Crippen molar-refractivity contribution in [3.05, 3.63) is 64.9 Å². The van der Waals surface area contributed by atoms with Crippen molar-refractivity contribution in [2.75, 3.05) is 12.4 Å². The van der Waals surface area contributed by atoms with E-state index in [1.165, 1.54) is 13.2 Å². The largest absolute Gasteiger partial charge is 0.480 e. The summed E-state index contributed by atoms with van der Waals surface area (Å²) >= 11 is 6.13. The highest BCUT2D eigenvalue weighted by molar-refractivity contribution is 7.90. The van der Waals surface area contributed by atoms with Crippen LogP contribution in [0.3, 0.4) is 0 Å². The van der Waals surface area contributed by atoms with Crippen LogP contribution in [0.25, 0.3) is 22.3 Å². The first-order chi connectivity index (χ1) is 18.8. The number of fused-ring (bicyclic) bond motifs is 1. The van der Waals surface area contributed by atoms with Crippen molar-refractivity contribution in [2.45, 2.75) is 61.8 Å². The summed E-state index contributed by atoms with van der Waals surface area (Å²) in [6, 6.07) is 12.4. The normalized spacial score (nSPS) is 17.7. The van der Waals surface area contributed by atoms with Gasteiger partial charge in [-0.15, -0.1) is 0 Å². The van der Waals surface area contributed by atoms with Gasteiger partial charge in [0, 0.05) is 12.1 Å².